The zero-order valence-electron chi connectivity index (χ0n) is 15.8. The average molecular weight is 406 g/mol. The van der Waals surface area contributed by atoms with E-state index in [0.717, 1.165) is 0 Å². The summed E-state index contributed by atoms with van der Waals surface area (Å²) in [5, 5.41) is 5.20. The van der Waals surface area contributed by atoms with Gasteiger partial charge in [-0.15, -0.1) is 0 Å². The van der Waals surface area contributed by atoms with Crippen LogP contribution in [0.5, 0.6) is 17.2 Å². The van der Waals surface area contributed by atoms with Crippen molar-refractivity contribution in [1.82, 2.24) is 4.90 Å². The molecule has 9 heteroatoms. The van der Waals surface area contributed by atoms with Crippen LogP contribution >= 0.6 is 0 Å². The van der Waals surface area contributed by atoms with Crippen LogP contribution in [0.4, 0.5) is 0 Å². The first-order valence-electron chi connectivity index (χ1n) is 8.60. The molecule has 0 fully saturated rings. The van der Waals surface area contributed by atoms with Gasteiger partial charge < -0.3 is 19.1 Å². The van der Waals surface area contributed by atoms with E-state index in [1.54, 1.807) is 38.2 Å². The number of ether oxygens (including phenoxy) is 3. The minimum Gasteiger partial charge on any atom is -0.493 e. The number of rotatable bonds is 5. The lowest BCUT2D eigenvalue weighted by molar-refractivity contribution is 0.0740. The van der Waals surface area contributed by atoms with E-state index in [1.165, 1.54) is 24.1 Å². The third-order valence-electron chi connectivity index (χ3n) is 4.65. The summed E-state index contributed by atoms with van der Waals surface area (Å²) in [5.41, 5.74) is 1.02. The SMILES string of the molecule is COc1cc(C(=O)N(C)C(C)c2cccc(S(N)(=O)=O)c2)cc2c1OCCO2. The molecule has 1 heterocycles. The molecule has 1 atom stereocenters. The first-order valence-corrected chi connectivity index (χ1v) is 10.1. The smallest absolute Gasteiger partial charge is 0.254 e. The van der Waals surface area contributed by atoms with Gasteiger partial charge in [0, 0.05) is 12.6 Å². The first kappa shape index (κ1) is 20.0. The molecule has 1 unspecified atom stereocenters. The van der Waals surface area contributed by atoms with E-state index in [4.69, 9.17) is 19.3 Å². The highest BCUT2D eigenvalue weighted by Gasteiger charge is 2.25. The van der Waals surface area contributed by atoms with Gasteiger partial charge in [0.25, 0.3) is 5.91 Å². The highest BCUT2D eigenvalue weighted by Crippen LogP contribution is 2.40. The molecular formula is C19H22N2O6S. The van der Waals surface area contributed by atoms with Crippen LogP contribution in [0.15, 0.2) is 41.3 Å². The van der Waals surface area contributed by atoms with Crippen molar-refractivity contribution in [2.45, 2.75) is 17.9 Å². The van der Waals surface area contributed by atoms with Crippen LogP contribution in [0.25, 0.3) is 0 Å². The number of benzene rings is 2. The van der Waals surface area contributed by atoms with Crippen molar-refractivity contribution in [3.05, 3.63) is 47.5 Å². The van der Waals surface area contributed by atoms with E-state index in [9.17, 15) is 13.2 Å². The topological polar surface area (TPSA) is 108 Å². The van der Waals surface area contributed by atoms with E-state index in [0.29, 0.717) is 41.6 Å². The molecule has 0 aromatic heterocycles. The Morgan fingerprint density at radius 3 is 2.61 bits per heavy atom. The molecule has 2 aromatic carbocycles. The van der Waals surface area contributed by atoms with Crippen molar-refractivity contribution in [2.24, 2.45) is 5.14 Å². The fourth-order valence-electron chi connectivity index (χ4n) is 2.95. The van der Waals surface area contributed by atoms with Crippen molar-refractivity contribution in [1.29, 1.82) is 0 Å². The van der Waals surface area contributed by atoms with Crippen molar-refractivity contribution < 1.29 is 27.4 Å². The van der Waals surface area contributed by atoms with Crippen LogP contribution in [-0.2, 0) is 10.0 Å². The number of hydrogen-bond donors (Lipinski definition) is 1. The maximum atomic E-state index is 13.0. The Balaban J connectivity index is 1.90. The summed E-state index contributed by atoms with van der Waals surface area (Å²) in [6.07, 6.45) is 0. The molecule has 2 aromatic rings. The molecule has 0 radical (unpaired) electrons. The Hall–Kier alpha value is -2.78. The molecule has 0 aliphatic carbocycles. The molecule has 1 amide bonds. The summed E-state index contributed by atoms with van der Waals surface area (Å²) < 4.78 is 39.7. The van der Waals surface area contributed by atoms with Gasteiger partial charge in [-0.25, -0.2) is 13.6 Å². The molecule has 1 aliphatic heterocycles. The number of nitrogens with two attached hydrogens (primary N) is 1. The molecule has 3 rings (SSSR count). The van der Waals surface area contributed by atoms with Crippen molar-refractivity contribution in [3.8, 4) is 17.2 Å². The number of carbonyl (C=O) groups is 1. The molecule has 150 valence electrons. The second kappa shape index (κ2) is 7.69. The van der Waals surface area contributed by atoms with Gasteiger partial charge in [0.2, 0.25) is 15.8 Å². The second-order valence-electron chi connectivity index (χ2n) is 6.41. The maximum Gasteiger partial charge on any atom is 0.254 e. The summed E-state index contributed by atoms with van der Waals surface area (Å²) in [7, 11) is -0.695. The minimum absolute atomic E-state index is 0.00121. The lowest BCUT2D eigenvalue weighted by atomic mass is 10.1. The van der Waals surface area contributed by atoms with E-state index in [2.05, 4.69) is 0 Å². The second-order valence-corrected chi connectivity index (χ2v) is 7.97. The van der Waals surface area contributed by atoms with Crippen LogP contribution in [0.2, 0.25) is 0 Å². The fourth-order valence-corrected chi connectivity index (χ4v) is 3.52. The van der Waals surface area contributed by atoms with Crippen LogP contribution in [0, 0.1) is 0 Å². The lowest BCUT2D eigenvalue weighted by Gasteiger charge is -2.27. The molecule has 0 saturated carbocycles. The van der Waals surface area contributed by atoms with Crippen molar-refractivity contribution >= 4 is 15.9 Å². The summed E-state index contributed by atoms with van der Waals surface area (Å²) in [4.78, 5) is 14.5. The molecule has 1 aliphatic rings. The maximum absolute atomic E-state index is 13.0. The van der Waals surface area contributed by atoms with Crippen molar-refractivity contribution in [2.75, 3.05) is 27.4 Å². The normalized spacial score (nSPS) is 14.3. The molecular weight excluding hydrogens is 384 g/mol. The number of sulfonamides is 1. The zero-order chi connectivity index (χ0) is 20.5. The van der Waals surface area contributed by atoms with Crippen LogP contribution in [0.3, 0.4) is 0 Å². The average Bonchev–Trinajstić information content (AvgIpc) is 2.70. The number of hydrogen-bond acceptors (Lipinski definition) is 6. The zero-order valence-corrected chi connectivity index (χ0v) is 16.7. The molecule has 0 bridgehead atoms. The monoisotopic (exact) mass is 406 g/mol. The van der Waals surface area contributed by atoms with Crippen LogP contribution in [-0.4, -0.2) is 46.6 Å². The van der Waals surface area contributed by atoms with Crippen molar-refractivity contribution in [3.63, 3.8) is 0 Å². The third-order valence-corrected chi connectivity index (χ3v) is 5.56. The molecule has 8 nitrogen and oxygen atoms in total. The van der Waals surface area contributed by atoms with E-state index in [1.807, 2.05) is 0 Å². The highest BCUT2D eigenvalue weighted by atomic mass is 32.2. The van der Waals surface area contributed by atoms with Gasteiger partial charge in [-0.3, -0.25) is 4.79 Å². The van der Waals surface area contributed by atoms with Gasteiger partial charge in [0.05, 0.1) is 18.0 Å². The molecule has 0 spiro atoms. The minimum atomic E-state index is -3.83. The number of nitrogens with zero attached hydrogens (tertiary/aromatic N) is 1. The van der Waals surface area contributed by atoms with Gasteiger partial charge in [0.1, 0.15) is 13.2 Å². The summed E-state index contributed by atoms with van der Waals surface area (Å²) in [6.45, 7) is 2.60. The Labute approximate surface area is 163 Å². The lowest BCUT2D eigenvalue weighted by Crippen LogP contribution is -2.30. The molecule has 2 N–H and O–H groups in total. The van der Waals surface area contributed by atoms with E-state index >= 15 is 0 Å². The van der Waals surface area contributed by atoms with Gasteiger partial charge in [-0.05, 0) is 36.8 Å². The van der Waals surface area contributed by atoms with Gasteiger partial charge in [0.15, 0.2) is 11.5 Å². The van der Waals surface area contributed by atoms with Crippen LogP contribution in [0.1, 0.15) is 28.9 Å². The standard InChI is InChI=1S/C19H22N2O6S/c1-12(13-5-4-6-15(9-13)28(20,23)24)21(2)19(22)14-10-16(25-3)18-17(11-14)26-7-8-27-18/h4-6,9-12H,7-8H2,1-3H3,(H2,20,23,24). The largest absolute Gasteiger partial charge is 0.493 e. The summed E-state index contributed by atoms with van der Waals surface area (Å²) in [6, 6.07) is 9.04. The Kier molecular flexibility index (Phi) is 5.48. The molecule has 0 saturated heterocycles. The number of methoxy groups -OCH3 is 1. The predicted molar refractivity (Wildman–Crippen MR) is 102 cm³/mol. The third kappa shape index (κ3) is 3.90. The Bertz CT molecular complexity index is 988. The predicted octanol–water partition coefficient (Wildman–Crippen LogP) is 1.95. The summed E-state index contributed by atoms with van der Waals surface area (Å²) in [5.74, 6) is 1.06. The van der Waals surface area contributed by atoms with E-state index < -0.39 is 16.1 Å². The summed E-state index contributed by atoms with van der Waals surface area (Å²) >= 11 is 0. The Morgan fingerprint density at radius 2 is 1.93 bits per heavy atom. The first-order chi connectivity index (χ1) is 13.2. The quantitative estimate of drug-likeness (QED) is 0.813. The van der Waals surface area contributed by atoms with E-state index in [-0.39, 0.29) is 10.8 Å². The number of carbonyl (C=O) groups excluding carboxylic acids is 1. The van der Waals surface area contributed by atoms with Gasteiger partial charge >= 0.3 is 0 Å². The highest BCUT2D eigenvalue weighted by molar-refractivity contribution is 7.89. The Morgan fingerprint density at radius 1 is 1.21 bits per heavy atom. The number of amides is 1. The van der Waals surface area contributed by atoms with Crippen LogP contribution < -0.4 is 19.3 Å². The molecule has 28 heavy (non-hydrogen) atoms. The number of primary sulfonamides is 1. The van der Waals surface area contributed by atoms with Gasteiger partial charge in [-0.2, -0.15) is 0 Å². The van der Waals surface area contributed by atoms with Gasteiger partial charge in [-0.1, -0.05) is 12.1 Å². The fraction of sp³-hybridized carbons (Fsp3) is 0.316. The number of fused-ring (bicyclic) bond motifs is 1.